The van der Waals surface area contributed by atoms with E-state index in [-0.39, 0.29) is 29.4 Å². The predicted octanol–water partition coefficient (Wildman–Crippen LogP) is 4.26. The molecule has 2 atom stereocenters. The third-order valence-corrected chi connectivity index (χ3v) is 6.73. The highest BCUT2D eigenvalue weighted by atomic mass is 32.1. The lowest BCUT2D eigenvalue weighted by molar-refractivity contribution is 0.0727. The standard InChI is InChI=1S/C22H20F2N6OS/c1-29(21(31)15-11-13(23)6-8-18(15)30-25-9-10-26-30)19-4-2-3-16(19)27-22-28-17-7-5-14(24)12-20(17)32-22/h5-12,16,19H,2-4H2,1H3,(H,27,28)/t16-,19+/m0/s1. The van der Waals surface area contributed by atoms with Gasteiger partial charge in [-0.1, -0.05) is 11.3 Å². The molecule has 0 unspecified atom stereocenters. The van der Waals surface area contributed by atoms with Gasteiger partial charge < -0.3 is 10.2 Å². The van der Waals surface area contributed by atoms with Gasteiger partial charge in [0.05, 0.1) is 39.9 Å². The molecule has 1 aliphatic carbocycles. The topological polar surface area (TPSA) is 75.9 Å². The van der Waals surface area contributed by atoms with Crippen molar-refractivity contribution in [3.8, 4) is 5.69 Å². The van der Waals surface area contributed by atoms with Gasteiger partial charge in [-0.3, -0.25) is 4.79 Å². The Labute approximate surface area is 186 Å². The van der Waals surface area contributed by atoms with Crippen LogP contribution >= 0.6 is 11.3 Å². The number of fused-ring (bicyclic) bond motifs is 1. The first kappa shape index (κ1) is 20.5. The number of benzene rings is 2. The Hall–Kier alpha value is -3.40. The molecule has 1 amide bonds. The fourth-order valence-electron chi connectivity index (χ4n) is 4.23. The summed E-state index contributed by atoms with van der Waals surface area (Å²) in [4.78, 5) is 20.9. The fraction of sp³-hybridized carbons (Fsp3) is 0.273. The highest BCUT2D eigenvalue weighted by molar-refractivity contribution is 7.22. The van der Waals surface area contributed by atoms with Crippen LogP contribution < -0.4 is 5.32 Å². The van der Waals surface area contributed by atoms with E-state index in [1.807, 2.05) is 0 Å². The molecule has 10 heteroatoms. The molecule has 1 saturated carbocycles. The van der Waals surface area contributed by atoms with Gasteiger partial charge in [0.15, 0.2) is 5.13 Å². The Bertz CT molecular complexity index is 1270. The molecule has 0 spiro atoms. The van der Waals surface area contributed by atoms with E-state index in [1.54, 1.807) is 18.0 Å². The monoisotopic (exact) mass is 454 g/mol. The third-order valence-electron chi connectivity index (χ3n) is 5.78. The largest absolute Gasteiger partial charge is 0.357 e. The van der Waals surface area contributed by atoms with E-state index in [2.05, 4.69) is 20.5 Å². The minimum atomic E-state index is -0.500. The summed E-state index contributed by atoms with van der Waals surface area (Å²) < 4.78 is 28.3. The summed E-state index contributed by atoms with van der Waals surface area (Å²) in [6.45, 7) is 0. The van der Waals surface area contributed by atoms with Crippen molar-refractivity contribution < 1.29 is 13.6 Å². The highest BCUT2D eigenvalue weighted by Crippen LogP contribution is 2.32. The molecule has 0 bridgehead atoms. The van der Waals surface area contributed by atoms with Crippen LogP contribution in [0.1, 0.15) is 29.6 Å². The summed E-state index contributed by atoms with van der Waals surface area (Å²) in [6, 6.07) is 8.39. The van der Waals surface area contributed by atoms with Crippen molar-refractivity contribution in [2.45, 2.75) is 31.3 Å². The number of amides is 1. The predicted molar refractivity (Wildman–Crippen MR) is 118 cm³/mol. The van der Waals surface area contributed by atoms with E-state index < -0.39 is 5.82 Å². The SMILES string of the molecule is CN(C(=O)c1cc(F)ccc1-n1nccn1)[C@@H]1CCC[C@@H]1Nc1nc2ccc(F)cc2s1. The Balaban J connectivity index is 1.39. The normalized spacial score (nSPS) is 18.2. The summed E-state index contributed by atoms with van der Waals surface area (Å²) >= 11 is 1.38. The van der Waals surface area contributed by atoms with E-state index in [9.17, 15) is 13.6 Å². The first-order valence-corrected chi connectivity index (χ1v) is 11.1. The van der Waals surface area contributed by atoms with Crippen LogP contribution in [0.15, 0.2) is 48.8 Å². The minimum absolute atomic E-state index is 0.0193. The molecule has 4 aromatic rings. The average Bonchev–Trinajstić information content (AvgIpc) is 3.53. The molecule has 7 nitrogen and oxygen atoms in total. The highest BCUT2D eigenvalue weighted by Gasteiger charge is 2.34. The van der Waals surface area contributed by atoms with Gasteiger partial charge in [0, 0.05) is 13.1 Å². The summed E-state index contributed by atoms with van der Waals surface area (Å²) in [6.07, 6.45) is 5.62. The number of rotatable bonds is 5. The van der Waals surface area contributed by atoms with Gasteiger partial charge in [-0.15, -0.1) is 0 Å². The number of hydrogen-bond donors (Lipinski definition) is 1. The number of hydrogen-bond acceptors (Lipinski definition) is 6. The second-order valence-corrected chi connectivity index (χ2v) is 8.81. The van der Waals surface area contributed by atoms with Crippen LogP contribution in [-0.4, -0.2) is 49.9 Å². The van der Waals surface area contributed by atoms with Gasteiger partial charge in [0.2, 0.25) is 0 Å². The van der Waals surface area contributed by atoms with Gasteiger partial charge in [0.1, 0.15) is 11.6 Å². The summed E-state index contributed by atoms with van der Waals surface area (Å²) in [5.74, 6) is -1.10. The van der Waals surface area contributed by atoms with Crippen molar-refractivity contribution in [2.24, 2.45) is 0 Å². The van der Waals surface area contributed by atoms with E-state index in [4.69, 9.17) is 0 Å². The first-order chi connectivity index (χ1) is 15.5. The lowest BCUT2D eigenvalue weighted by atomic mass is 10.1. The van der Waals surface area contributed by atoms with Crippen LogP contribution in [0.3, 0.4) is 0 Å². The maximum atomic E-state index is 14.0. The van der Waals surface area contributed by atoms with E-state index in [1.165, 1.54) is 58.9 Å². The number of carbonyl (C=O) groups excluding carboxylic acids is 1. The molecule has 1 aliphatic rings. The number of carbonyl (C=O) groups is 1. The molecule has 32 heavy (non-hydrogen) atoms. The maximum Gasteiger partial charge on any atom is 0.256 e. The molecule has 0 radical (unpaired) electrons. The van der Waals surface area contributed by atoms with Crippen LogP contribution in [0.25, 0.3) is 15.9 Å². The molecular formula is C22H20F2N6OS. The van der Waals surface area contributed by atoms with Crippen molar-refractivity contribution in [3.63, 3.8) is 0 Å². The lowest BCUT2D eigenvalue weighted by Gasteiger charge is -2.30. The summed E-state index contributed by atoms with van der Waals surface area (Å²) in [5.41, 5.74) is 1.35. The molecule has 2 heterocycles. The summed E-state index contributed by atoms with van der Waals surface area (Å²) in [7, 11) is 1.73. The smallest absolute Gasteiger partial charge is 0.256 e. The molecule has 2 aromatic heterocycles. The van der Waals surface area contributed by atoms with E-state index in [0.29, 0.717) is 10.8 Å². The van der Waals surface area contributed by atoms with Gasteiger partial charge in [-0.2, -0.15) is 15.0 Å². The Kier molecular flexibility index (Phi) is 5.30. The lowest BCUT2D eigenvalue weighted by Crippen LogP contribution is -2.45. The first-order valence-electron chi connectivity index (χ1n) is 10.3. The van der Waals surface area contributed by atoms with E-state index >= 15 is 0 Å². The van der Waals surface area contributed by atoms with Gasteiger partial charge in [-0.05, 0) is 55.7 Å². The zero-order valence-electron chi connectivity index (χ0n) is 17.2. The number of anilines is 1. The van der Waals surface area contributed by atoms with Crippen LogP contribution in [0.5, 0.6) is 0 Å². The van der Waals surface area contributed by atoms with Crippen molar-refractivity contribution in [1.82, 2.24) is 24.9 Å². The third kappa shape index (κ3) is 3.81. The number of halogens is 2. The van der Waals surface area contributed by atoms with Gasteiger partial charge in [0.25, 0.3) is 5.91 Å². The van der Waals surface area contributed by atoms with Crippen molar-refractivity contribution in [3.05, 3.63) is 66.0 Å². The van der Waals surface area contributed by atoms with Crippen LogP contribution in [-0.2, 0) is 0 Å². The Morgan fingerprint density at radius 1 is 1.12 bits per heavy atom. The molecular weight excluding hydrogens is 434 g/mol. The van der Waals surface area contributed by atoms with Crippen LogP contribution in [0, 0.1) is 11.6 Å². The summed E-state index contributed by atoms with van der Waals surface area (Å²) in [5, 5.41) is 12.3. The number of nitrogens with one attached hydrogen (secondary N) is 1. The van der Waals surface area contributed by atoms with Crippen LogP contribution in [0.4, 0.5) is 13.9 Å². The zero-order chi connectivity index (χ0) is 22.2. The number of aromatic nitrogens is 4. The molecule has 1 N–H and O–H groups in total. The number of thiazole rings is 1. The average molecular weight is 455 g/mol. The van der Waals surface area contributed by atoms with Gasteiger partial charge in [-0.25, -0.2) is 13.8 Å². The van der Waals surface area contributed by atoms with Crippen LogP contribution in [0.2, 0.25) is 0 Å². The molecule has 2 aromatic carbocycles. The number of likely N-dealkylation sites (N-methyl/N-ethyl adjacent to an activating group) is 1. The quantitative estimate of drug-likeness (QED) is 0.488. The van der Waals surface area contributed by atoms with Crippen molar-refractivity contribution >= 4 is 32.6 Å². The molecule has 0 aliphatic heterocycles. The Morgan fingerprint density at radius 3 is 2.69 bits per heavy atom. The van der Waals surface area contributed by atoms with Crippen molar-refractivity contribution in [2.75, 3.05) is 12.4 Å². The molecule has 164 valence electrons. The maximum absolute atomic E-state index is 14.0. The van der Waals surface area contributed by atoms with Gasteiger partial charge >= 0.3 is 0 Å². The zero-order valence-corrected chi connectivity index (χ0v) is 18.0. The minimum Gasteiger partial charge on any atom is -0.357 e. The fourth-order valence-corrected chi connectivity index (χ4v) is 5.18. The number of nitrogens with zero attached hydrogens (tertiary/aromatic N) is 5. The molecule has 5 rings (SSSR count). The van der Waals surface area contributed by atoms with Crippen molar-refractivity contribution in [1.29, 1.82) is 0 Å². The molecule has 0 saturated heterocycles. The Morgan fingerprint density at radius 2 is 1.88 bits per heavy atom. The second-order valence-electron chi connectivity index (χ2n) is 7.78. The molecule has 1 fully saturated rings. The second kappa shape index (κ2) is 8.27. The van der Waals surface area contributed by atoms with E-state index in [0.717, 1.165) is 29.5 Å².